The smallest absolute Gasteiger partial charge is 0.307 e. The van der Waals surface area contributed by atoms with E-state index >= 15 is 0 Å². The van der Waals surface area contributed by atoms with Crippen LogP contribution in [0.4, 0.5) is 0 Å². The molecule has 0 N–H and O–H groups in total. The lowest BCUT2D eigenvalue weighted by Gasteiger charge is -2.25. The molecule has 2 atom stereocenters. The van der Waals surface area contributed by atoms with E-state index in [2.05, 4.69) is 19.9 Å². The van der Waals surface area contributed by atoms with Gasteiger partial charge in [-0.25, -0.2) is 0 Å². The monoisotopic (exact) mass is 242 g/mol. The molecule has 17 heavy (non-hydrogen) atoms. The van der Waals surface area contributed by atoms with E-state index in [0.29, 0.717) is 6.42 Å². The normalized spacial score (nSPS) is 15.2. The van der Waals surface area contributed by atoms with Gasteiger partial charge in [0.1, 0.15) is 0 Å². The molecule has 0 aromatic heterocycles. The van der Waals surface area contributed by atoms with Gasteiger partial charge >= 0.3 is 5.97 Å². The molecule has 0 aliphatic heterocycles. The molecular weight excluding hydrogens is 216 g/mol. The predicted molar refractivity (Wildman–Crippen MR) is 69.6 cm³/mol. The van der Waals surface area contributed by atoms with Gasteiger partial charge in [0.15, 0.2) is 0 Å². The summed E-state index contributed by atoms with van der Waals surface area (Å²) in [7, 11) is 0. The molecule has 0 saturated heterocycles. The molecule has 0 heterocycles. The Bertz CT molecular complexity index is 234. The fourth-order valence-corrected chi connectivity index (χ4v) is 1.27. The fraction of sp³-hybridized carbons (Fsp3) is 0.786. The van der Waals surface area contributed by atoms with Crippen LogP contribution in [0.3, 0.4) is 0 Å². The van der Waals surface area contributed by atoms with E-state index in [0.717, 1.165) is 12.8 Å². The summed E-state index contributed by atoms with van der Waals surface area (Å²) in [6.07, 6.45) is 5.93. The van der Waals surface area contributed by atoms with Gasteiger partial charge in [-0.15, -0.1) is 0 Å². The lowest BCUT2D eigenvalue weighted by Crippen LogP contribution is -2.30. The first-order chi connectivity index (χ1) is 8.04. The minimum absolute atomic E-state index is 0.0204. The molecule has 0 fully saturated rings. The molecule has 0 bridgehead atoms. The second kappa shape index (κ2) is 9.23. The number of carbonyl (C=O) groups is 1. The minimum Gasteiger partial charge on any atom is -0.435 e. The molecule has 0 aliphatic rings. The quantitative estimate of drug-likeness (QED) is 0.370. The first-order valence-electron chi connectivity index (χ1n) is 6.56. The van der Waals surface area contributed by atoms with Crippen molar-refractivity contribution in [3.63, 3.8) is 0 Å². The van der Waals surface area contributed by atoms with Crippen molar-refractivity contribution in [2.24, 2.45) is 5.92 Å². The summed E-state index contributed by atoms with van der Waals surface area (Å²) in [4.78, 5) is 11.3. The van der Waals surface area contributed by atoms with Crippen molar-refractivity contribution in [3.05, 3.63) is 12.2 Å². The molecule has 0 amide bonds. The van der Waals surface area contributed by atoms with Crippen LogP contribution in [0.15, 0.2) is 12.2 Å². The Hall–Kier alpha value is -0.830. The first-order valence-corrected chi connectivity index (χ1v) is 6.56. The van der Waals surface area contributed by atoms with Gasteiger partial charge in [0.2, 0.25) is 6.29 Å². The Kier molecular flexibility index (Phi) is 8.78. The van der Waals surface area contributed by atoms with Gasteiger partial charge < -0.3 is 9.47 Å². The van der Waals surface area contributed by atoms with Crippen molar-refractivity contribution in [2.75, 3.05) is 0 Å². The average molecular weight is 242 g/mol. The van der Waals surface area contributed by atoms with Crippen molar-refractivity contribution in [2.45, 2.75) is 66.3 Å². The second-order valence-corrected chi connectivity index (χ2v) is 4.38. The van der Waals surface area contributed by atoms with Crippen LogP contribution in [0, 0.1) is 5.92 Å². The summed E-state index contributed by atoms with van der Waals surface area (Å²) >= 11 is 0. The molecule has 3 heteroatoms. The highest BCUT2D eigenvalue weighted by atomic mass is 16.7. The standard InChI is InChI=1S/C14H26O3/c1-6-9-10-12(7-2)16-14(11(4)5)17-13(15)8-3/h9-12,14H,6-8H2,1-5H3/b10-9+. The molecule has 0 aromatic carbocycles. The third-order valence-corrected chi connectivity index (χ3v) is 2.38. The molecule has 0 saturated carbocycles. The van der Waals surface area contributed by atoms with Crippen molar-refractivity contribution in [1.82, 2.24) is 0 Å². The Morgan fingerprint density at radius 1 is 1.24 bits per heavy atom. The van der Waals surface area contributed by atoms with Crippen LogP contribution >= 0.6 is 0 Å². The molecule has 0 radical (unpaired) electrons. The zero-order valence-corrected chi connectivity index (χ0v) is 11.7. The lowest BCUT2D eigenvalue weighted by atomic mass is 10.2. The Morgan fingerprint density at radius 3 is 2.29 bits per heavy atom. The minimum atomic E-state index is -0.450. The van der Waals surface area contributed by atoms with E-state index in [1.807, 2.05) is 19.9 Å². The largest absolute Gasteiger partial charge is 0.435 e. The maximum Gasteiger partial charge on any atom is 0.307 e. The molecule has 2 unspecified atom stereocenters. The van der Waals surface area contributed by atoms with Crippen molar-refractivity contribution < 1.29 is 14.3 Å². The van der Waals surface area contributed by atoms with Crippen LogP contribution in [0.1, 0.15) is 53.9 Å². The number of hydrogen-bond donors (Lipinski definition) is 0. The van der Waals surface area contributed by atoms with Gasteiger partial charge in [0, 0.05) is 12.3 Å². The van der Waals surface area contributed by atoms with Crippen LogP contribution in [0.2, 0.25) is 0 Å². The first kappa shape index (κ1) is 16.2. The predicted octanol–water partition coefficient (Wildman–Crippen LogP) is 3.68. The Balaban J connectivity index is 4.40. The molecule has 0 spiro atoms. The highest BCUT2D eigenvalue weighted by Crippen LogP contribution is 2.14. The van der Waals surface area contributed by atoms with E-state index in [4.69, 9.17) is 9.47 Å². The molecule has 0 aliphatic carbocycles. The molecular formula is C14H26O3. The number of esters is 1. The maximum absolute atomic E-state index is 11.3. The van der Waals surface area contributed by atoms with Crippen molar-refractivity contribution in [1.29, 1.82) is 0 Å². The number of ether oxygens (including phenoxy) is 2. The fourth-order valence-electron chi connectivity index (χ4n) is 1.27. The van der Waals surface area contributed by atoms with Gasteiger partial charge in [-0.3, -0.25) is 4.79 Å². The van der Waals surface area contributed by atoms with Gasteiger partial charge in [0.05, 0.1) is 6.10 Å². The molecule has 100 valence electrons. The van der Waals surface area contributed by atoms with Gasteiger partial charge in [-0.05, 0) is 12.8 Å². The van der Waals surface area contributed by atoms with E-state index in [1.165, 1.54) is 0 Å². The summed E-state index contributed by atoms with van der Waals surface area (Å²) in [6.45, 7) is 9.91. The summed E-state index contributed by atoms with van der Waals surface area (Å²) in [6, 6.07) is 0. The lowest BCUT2D eigenvalue weighted by molar-refractivity contribution is -0.196. The van der Waals surface area contributed by atoms with Gasteiger partial charge in [-0.1, -0.05) is 46.8 Å². The van der Waals surface area contributed by atoms with Crippen LogP contribution < -0.4 is 0 Å². The van der Waals surface area contributed by atoms with Gasteiger partial charge in [-0.2, -0.15) is 0 Å². The summed E-state index contributed by atoms with van der Waals surface area (Å²) < 4.78 is 11.1. The van der Waals surface area contributed by atoms with E-state index in [-0.39, 0.29) is 18.0 Å². The SMILES string of the molecule is CC/C=C/C(CC)OC(OC(=O)CC)C(C)C. The Morgan fingerprint density at radius 2 is 1.88 bits per heavy atom. The molecule has 0 aromatic rings. The zero-order chi connectivity index (χ0) is 13.3. The van der Waals surface area contributed by atoms with Crippen LogP contribution in [-0.2, 0) is 14.3 Å². The highest BCUT2D eigenvalue weighted by molar-refractivity contribution is 5.68. The van der Waals surface area contributed by atoms with Crippen LogP contribution in [0.5, 0.6) is 0 Å². The van der Waals surface area contributed by atoms with Crippen molar-refractivity contribution >= 4 is 5.97 Å². The van der Waals surface area contributed by atoms with Crippen molar-refractivity contribution in [3.8, 4) is 0 Å². The molecule has 3 nitrogen and oxygen atoms in total. The van der Waals surface area contributed by atoms with Crippen LogP contribution in [-0.4, -0.2) is 18.4 Å². The second-order valence-electron chi connectivity index (χ2n) is 4.38. The number of carbonyl (C=O) groups excluding carboxylic acids is 1. The summed E-state index contributed by atoms with van der Waals surface area (Å²) in [5, 5.41) is 0. The average Bonchev–Trinajstić information content (AvgIpc) is 2.32. The third kappa shape index (κ3) is 7.16. The van der Waals surface area contributed by atoms with Gasteiger partial charge in [0.25, 0.3) is 0 Å². The summed E-state index contributed by atoms with van der Waals surface area (Å²) in [5.74, 6) is -0.0485. The maximum atomic E-state index is 11.3. The molecule has 0 rings (SSSR count). The topological polar surface area (TPSA) is 35.5 Å². The number of rotatable bonds is 8. The third-order valence-electron chi connectivity index (χ3n) is 2.38. The van der Waals surface area contributed by atoms with Crippen LogP contribution in [0.25, 0.3) is 0 Å². The number of hydrogen-bond acceptors (Lipinski definition) is 3. The van der Waals surface area contributed by atoms with E-state index < -0.39 is 6.29 Å². The van der Waals surface area contributed by atoms with E-state index in [1.54, 1.807) is 6.92 Å². The van der Waals surface area contributed by atoms with E-state index in [9.17, 15) is 4.79 Å². The highest BCUT2D eigenvalue weighted by Gasteiger charge is 2.20. The zero-order valence-electron chi connectivity index (χ0n) is 11.7. The Labute approximate surface area is 105 Å². The number of allylic oxidation sites excluding steroid dienone is 1. The summed E-state index contributed by atoms with van der Waals surface area (Å²) in [5.41, 5.74) is 0.